The molecule has 16 heavy (non-hydrogen) atoms. The Labute approximate surface area is 95.1 Å². The molecule has 1 amide bonds. The van der Waals surface area contributed by atoms with E-state index in [4.69, 9.17) is 15.6 Å². The summed E-state index contributed by atoms with van der Waals surface area (Å²) >= 11 is 0. The van der Waals surface area contributed by atoms with Gasteiger partial charge in [0.1, 0.15) is 12.6 Å². The largest absolute Gasteiger partial charge is 0.480 e. The summed E-state index contributed by atoms with van der Waals surface area (Å²) in [7, 11) is 0. The average molecular weight is 232 g/mol. The van der Waals surface area contributed by atoms with Crippen LogP contribution in [0.1, 0.15) is 20.8 Å². The first-order chi connectivity index (χ1) is 7.29. The van der Waals surface area contributed by atoms with E-state index in [9.17, 15) is 9.59 Å². The second kappa shape index (κ2) is 6.44. The minimum absolute atomic E-state index is 0.170. The molecule has 1 atom stereocenters. The van der Waals surface area contributed by atoms with Gasteiger partial charge in [0.2, 0.25) is 5.91 Å². The summed E-state index contributed by atoms with van der Waals surface area (Å²) in [6.45, 7) is 5.67. The molecule has 0 aliphatic rings. The molecule has 0 heterocycles. The van der Waals surface area contributed by atoms with Crippen molar-refractivity contribution in [3.05, 3.63) is 0 Å². The maximum Gasteiger partial charge on any atom is 0.326 e. The highest BCUT2D eigenvalue weighted by atomic mass is 16.5. The minimum atomic E-state index is -1.06. The lowest BCUT2D eigenvalue weighted by atomic mass is 9.87. The van der Waals surface area contributed by atoms with E-state index in [2.05, 4.69) is 5.32 Å². The van der Waals surface area contributed by atoms with E-state index in [1.165, 1.54) is 0 Å². The number of nitrogens with one attached hydrogen (secondary N) is 1. The number of rotatable bonds is 6. The van der Waals surface area contributed by atoms with Crippen molar-refractivity contribution in [3.8, 4) is 0 Å². The average Bonchev–Trinajstić information content (AvgIpc) is 2.12. The van der Waals surface area contributed by atoms with Crippen LogP contribution in [0.25, 0.3) is 0 Å². The zero-order valence-corrected chi connectivity index (χ0v) is 9.95. The number of ether oxygens (including phenoxy) is 1. The number of hydrogen-bond donors (Lipinski definition) is 3. The Hall–Kier alpha value is -1.14. The van der Waals surface area contributed by atoms with E-state index in [0.29, 0.717) is 6.54 Å². The highest BCUT2D eigenvalue weighted by Gasteiger charge is 2.32. The van der Waals surface area contributed by atoms with Crippen LogP contribution in [0.5, 0.6) is 0 Å². The number of nitrogens with two attached hydrogens (primary N) is 1. The van der Waals surface area contributed by atoms with E-state index in [1.54, 1.807) is 20.8 Å². The summed E-state index contributed by atoms with van der Waals surface area (Å²) in [4.78, 5) is 22.3. The first kappa shape index (κ1) is 14.9. The summed E-state index contributed by atoms with van der Waals surface area (Å²) in [6, 6.07) is -0.929. The molecule has 0 saturated carbocycles. The third-order valence-corrected chi connectivity index (χ3v) is 1.91. The predicted octanol–water partition coefficient (Wildman–Crippen LogP) is -0.423. The van der Waals surface area contributed by atoms with Gasteiger partial charge in [-0.3, -0.25) is 4.79 Å². The summed E-state index contributed by atoms with van der Waals surface area (Å²) in [5, 5.41) is 11.4. The Bertz CT molecular complexity index is 248. The summed E-state index contributed by atoms with van der Waals surface area (Å²) in [6.07, 6.45) is 0. The van der Waals surface area contributed by atoms with E-state index >= 15 is 0 Å². The summed E-state index contributed by atoms with van der Waals surface area (Å²) in [5.74, 6) is -1.50. The molecule has 0 radical (unpaired) electrons. The van der Waals surface area contributed by atoms with Gasteiger partial charge in [-0.25, -0.2) is 4.79 Å². The van der Waals surface area contributed by atoms with Gasteiger partial charge in [-0.05, 0) is 5.41 Å². The monoisotopic (exact) mass is 232 g/mol. The van der Waals surface area contributed by atoms with Crippen molar-refractivity contribution in [3.63, 3.8) is 0 Å². The van der Waals surface area contributed by atoms with E-state index in [-0.39, 0.29) is 13.2 Å². The van der Waals surface area contributed by atoms with E-state index in [0.717, 1.165) is 0 Å². The van der Waals surface area contributed by atoms with Crippen molar-refractivity contribution in [2.24, 2.45) is 11.1 Å². The third kappa shape index (κ3) is 5.67. The van der Waals surface area contributed by atoms with Crippen molar-refractivity contribution in [2.45, 2.75) is 26.8 Å². The number of aliphatic carboxylic acids is 1. The Morgan fingerprint density at radius 1 is 1.44 bits per heavy atom. The smallest absolute Gasteiger partial charge is 0.326 e. The number of carboxylic acids is 1. The molecule has 0 unspecified atom stereocenters. The van der Waals surface area contributed by atoms with Crippen molar-refractivity contribution < 1.29 is 19.4 Å². The molecule has 94 valence electrons. The van der Waals surface area contributed by atoms with Crippen molar-refractivity contribution in [1.82, 2.24) is 5.32 Å². The molecular formula is C10H20N2O4. The van der Waals surface area contributed by atoms with Gasteiger partial charge < -0.3 is 20.9 Å². The van der Waals surface area contributed by atoms with Crippen LogP contribution < -0.4 is 11.1 Å². The lowest BCUT2D eigenvalue weighted by Crippen LogP contribution is -2.50. The molecule has 6 heteroatoms. The quantitative estimate of drug-likeness (QED) is 0.540. The fourth-order valence-electron chi connectivity index (χ4n) is 1.10. The minimum Gasteiger partial charge on any atom is -0.480 e. The van der Waals surface area contributed by atoms with Gasteiger partial charge in [-0.2, -0.15) is 0 Å². The maximum absolute atomic E-state index is 11.3. The standard InChI is InChI=1S/C10H20N2O4/c1-10(2,3)8(9(14)15)12-7(13)6-16-5-4-11/h8H,4-6,11H2,1-3H3,(H,12,13)(H,14,15)/t8-/m0/s1. The van der Waals surface area contributed by atoms with Gasteiger partial charge >= 0.3 is 5.97 Å². The predicted molar refractivity (Wildman–Crippen MR) is 58.9 cm³/mol. The van der Waals surface area contributed by atoms with Crippen molar-refractivity contribution >= 4 is 11.9 Å². The number of hydrogen-bond acceptors (Lipinski definition) is 4. The number of carbonyl (C=O) groups is 2. The molecule has 0 aromatic carbocycles. The second-order valence-corrected chi connectivity index (χ2v) is 4.55. The Morgan fingerprint density at radius 2 is 2.00 bits per heavy atom. The van der Waals surface area contributed by atoms with E-state index in [1.807, 2.05) is 0 Å². The van der Waals surface area contributed by atoms with Crippen LogP contribution >= 0.6 is 0 Å². The zero-order valence-electron chi connectivity index (χ0n) is 9.95. The number of amides is 1. The molecule has 6 nitrogen and oxygen atoms in total. The SMILES string of the molecule is CC(C)(C)[C@@H](NC(=O)COCCN)C(=O)O. The molecule has 0 fully saturated rings. The number of carboxylic acid groups (broad SMARTS) is 1. The van der Waals surface area contributed by atoms with Crippen LogP contribution in [0.4, 0.5) is 0 Å². The molecule has 0 aromatic rings. The molecule has 0 saturated heterocycles. The van der Waals surface area contributed by atoms with Crippen molar-refractivity contribution in [1.29, 1.82) is 0 Å². The highest BCUT2D eigenvalue weighted by molar-refractivity contribution is 5.84. The van der Waals surface area contributed by atoms with Crippen LogP contribution in [0.2, 0.25) is 0 Å². The zero-order chi connectivity index (χ0) is 12.8. The Kier molecular flexibility index (Phi) is 5.98. The van der Waals surface area contributed by atoms with Gasteiger partial charge in [0, 0.05) is 6.54 Å². The van der Waals surface area contributed by atoms with Crippen LogP contribution in [-0.2, 0) is 14.3 Å². The van der Waals surface area contributed by atoms with E-state index < -0.39 is 23.3 Å². The van der Waals surface area contributed by atoms with Crippen LogP contribution in [0.3, 0.4) is 0 Å². The van der Waals surface area contributed by atoms with Crippen LogP contribution in [-0.4, -0.2) is 42.8 Å². The molecule has 0 aromatic heterocycles. The Balaban J connectivity index is 4.21. The summed E-state index contributed by atoms with van der Waals surface area (Å²) in [5.41, 5.74) is 4.64. The normalized spacial score (nSPS) is 13.2. The second-order valence-electron chi connectivity index (χ2n) is 4.55. The molecule has 0 rings (SSSR count). The first-order valence-electron chi connectivity index (χ1n) is 5.09. The van der Waals surface area contributed by atoms with Gasteiger partial charge in [-0.1, -0.05) is 20.8 Å². The first-order valence-corrected chi connectivity index (χ1v) is 5.09. The van der Waals surface area contributed by atoms with Crippen LogP contribution in [0.15, 0.2) is 0 Å². The molecule has 0 aliphatic heterocycles. The molecule has 0 bridgehead atoms. The molecule has 4 N–H and O–H groups in total. The molecule has 0 spiro atoms. The number of carbonyl (C=O) groups excluding carboxylic acids is 1. The summed E-state index contributed by atoms with van der Waals surface area (Å²) < 4.78 is 4.91. The topological polar surface area (TPSA) is 102 Å². The van der Waals surface area contributed by atoms with Crippen molar-refractivity contribution in [2.75, 3.05) is 19.8 Å². The Morgan fingerprint density at radius 3 is 2.38 bits per heavy atom. The van der Waals surface area contributed by atoms with Gasteiger partial charge in [0.05, 0.1) is 6.61 Å². The van der Waals surface area contributed by atoms with Gasteiger partial charge in [-0.15, -0.1) is 0 Å². The molecule has 0 aliphatic carbocycles. The molecular weight excluding hydrogens is 212 g/mol. The maximum atomic E-state index is 11.3. The fourth-order valence-corrected chi connectivity index (χ4v) is 1.10. The highest BCUT2D eigenvalue weighted by Crippen LogP contribution is 2.19. The lowest BCUT2D eigenvalue weighted by Gasteiger charge is -2.27. The lowest BCUT2D eigenvalue weighted by molar-refractivity contribution is -0.145. The van der Waals surface area contributed by atoms with Crippen LogP contribution in [0, 0.1) is 5.41 Å². The third-order valence-electron chi connectivity index (χ3n) is 1.91. The van der Waals surface area contributed by atoms with Gasteiger partial charge in [0.25, 0.3) is 0 Å². The fraction of sp³-hybridized carbons (Fsp3) is 0.800. The van der Waals surface area contributed by atoms with Gasteiger partial charge in [0.15, 0.2) is 0 Å².